The zero-order chi connectivity index (χ0) is 34.1. The predicted octanol–water partition coefficient (Wildman–Crippen LogP) is 7.74. The number of ether oxygens (including phenoxy) is 1. The normalized spacial score (nSPS) is 13.9. The summed E-state index contributed by atoms with van der Waals surface area (Å²) in [6.45, 7) is 1.19. The van der Waals surface area contributed by atoms with Crippen molar-refractivity contribution in [1.29, 1.82) is 0 Å². The Labute approximate surface area is 282 Å². The van der Waals surface area contributed by atoms with Gasteiger partial charge in [-0.15, -0.1) is 11.3 Å². The lowest BCUT2D eigenvalue weighted by Gasteiger charge is -2.23. The van der Waals surface area contributed by atoms with Crippen molar-refractivity contribution in [3.8, 4) is 10.4 Å². The van der Waals surface area contributed by atoms with Gasteiger partial charge < -0.3 is 20.3 Å². The van der Waals surface area contributed by atoms with Gasteiger partial charge in [0, 0.05) is 34.4 Å². The highest BCUT2D eigenvalue weighted by molar-refractivity contribution is 7.17. The topological polar surface area (TPSA) is 101 Å². The first-order chi connectivity index (χ1) is 23.8. The minimum Gasteiger partial charge on any atom is -0.377 e. The van der Waals surface area contributed by atoms with Gasteiger partial charge in [0.2, 0.25) is 0 Å². The number of halogens is 3. The SMILES string of the molecule is O=C(Nc1c(F)cccc1F)c1cc2c(s1)-c1ccc(F)cc1N(C(=O)c1ccc(NC(=O)c3cccnc3C3=CCOCC3)cc1)CC2. The monoisotopic (exact) mass is 680 g/mol. The zero-order valence-electron chi connectivity index (χ0n) is 25.8. The van der Waals surface area contributed by atoms with Crippen LogP contribution in [0.5, 0.6) is 0 Å². The van der Waals surface area contributed by atoms with Crippen LogP contribution in [0.2, 0.25) is 0 Å². The number of anilines is 3. The fourth-order valence-corrected chi connectivity index (χ4v) is 7.01. The van der Waals surface area contributed by atoms with Gasteiger partial charge in [-0.1, -0.05) is 12.1 Å². The van der Waals surface area contributed by atoms with Gasteiger partial charge in [-0.25, -0.2) is 13.2 Å². The van der Waals surface area contributed by atoms with E-state index in [4.69, 9.17) is 4.74 Å². The smallest absolute Gasteiger partial charge is 0.265 e. The lowest BCUT2D eigenvalue weighted by molar-refractivity contribution is 0.0985. The molecule has 3 amide bonds. The molecule has 0 spiro atoms. The second-order valence-electron chi connectivity index (χ2n) is 11.4. The highest BCUT2D eigenvalue weighted by Crippen LogP contribution is 2.42. The quantitative estimate of drug-likeness (QED) is 0.191. The first-order valence-electron chi connectivity index (χ1n) is 15.4. The predicted molar refractivity (Wildman–Crippen MR) is 181 cm³/mol. The van der Waals surface area contributed by atoms with Gasteiger partial charge >= 0.3 is 0 Å². The van der Waals surface area contributed by atoms with Gasteiger partial charge in [-0.05, 0) is 96.8 Å². The molecule has 49 heavy (non-hydrogen) atoms. The molecule has 0 saturated carbocycles. The van der Waals surface area contributed by atoms with Crippen molar-refractivity contribution in [3.05, 3.63) is 136 Å². The molecular weight excluding hydrogens is 653 g/mol. The van der Waals surface area contributed by atoms with Gasteiger partial charge in [0.1, 0.15) is 23.1 Å². The minimum absolute atomic E-state index is 0.172. The van der Waals surface area contributed by atoms with E-state index in [0.29, 0.717) is 64.7 Å². The van der Waals surface area contributed by atoms with Crippen molar-refractivity contribution in [2.75, 3.05) is 35.3 Å². The van der Waals surface area contributed by atoms with Crippen molar-refractivity contribution < 1.29 is 32.3 Å². The maximum absolute atomic E-state index is 14.6. The maximum Gasteiger partial charge on any atom is 0.265 e. The van der Waals surface area contributed by atoms with Crippen molar-refractivity contribution in [1.82, 2.24) is 4.98 Å². The van der Waals surface area contributed by atoms with E-state index in [2.05, 4.69) is 15.6 Å². The molecule has 2 aliphatic rings. The Morgan fingerprint density at radius 3 is 2.41 bits per heavy atom. The average Bonchev–Trinajstić information content (AvgIpc) is 3.48. The van der Waals surface area contributed by atoms with Crippen molar-refractivity contribution >= 4 is 51.7 Å². The molecule has 8 nitrogen and oxygen atoms in total. The third kappa shape index (κ3) is 6.48. The third-order valence-electron chi connectivity index (χ3n) is 8.29. The number of nitrogens with one attached hydrogen (secondary N) is 2. The van der Waals surface area contributed by atoms with Crippen LogP contribution in [0.1, 0.15) is 48.1 Å². The molecule has 2 N–H and O–H groups in total. The highest BCUT2D eigenvalue weighted by Gasteiger charge is 2.29. The number of thiophene rings is 1. The van der Waals surface area contributed by atoms with Gasteiger partial charge in [0.15, 0.2) is 0 Å². The standard InChI is InChI=1S/C37H27F3N4O4S/c38-24-8-11-26-30(20-24)44(16-12-23-19-31(49-34(23)26)36(46)43-33-28(39)4-1-5-29(33)40)37(47)22-6-9-25(10-7-22)42-35(45)27-3-2-15-41-32(27)21-13-17-48-18-14-21/h1-11,13,15,19-20H,12,14,16-18H2,(H,42,45)(H,43,46). The molecule has 0 atom stereocenters. The number of hydrogen-bond donors (Lipinski definition) is 2. The van der Waals surface area contributed by atoms with Crippen LogP contribution in [0.3, 0.4) is 0 Å². The third-order valence-corrected chi connectivity index (χ3v) is 9.50. The Morgan fingerprint density at radius 2 is 1.65 bits per heavy atom. The highest BCUT2D eigenvalue weighted by atomic mass is 32.1. The van der Waals surface area contributed by atoms with Crippen LogP contribution >= 0.6 is 11.3 Å². The number of carbonyl (C=O) groups is 3. The molecule has 0 aliphatic carbocycles. The summed E-state index contributed by atoms with van der Waals surface area (Å²) in [6, 6.07) is 18.8. The van der Waals surface area contributed by atoms with Crippen LogP contribution in [0.25, 0.3) is 16.0 Å². The molecule has 12 heteroatoms. The van der Waals surface area contributed by atoms with Crippen molar-refractivity contribution in [2.24, 2.45) is 0 Å². The molecular formula is C37H27F3N4O4S. The fraction of sp³-hybridized carbons (Fsp3) is 0.135. The number of amides is 3. The Morgan fingerprint density at radius 1 is 0.857 bits per heavy atom. The van der Waals surface area contributed by atoms with E-state index in [1.54, 1.807) is 54.7 Å². The molecule has 0 saturated heterocycles. The van der Waals surface area contributed by atoms with Gasteiger partial charge in [0.25, 0.3) is 17.7 Å². The van der Waals surface area contributed by atoms with E-state index >= 15 is 0 Å². The van der Waals surface area contributed by atoms with Crippen LogP contribution in [-0.4, -0.2) is 42.5 Å². The number of rotatable bonds is 6. The average molecular weight is 681 g/mol. The zero-order valence-corrected chi connectivity index (χ0v) is 26.6. The second-order valence-corrected chi connectivity index (χ2v) is 12.4. The van der Waals surface area contributed by atoms with E-state index in [0.717, 1.165) is 34.6 Å². The molecule has 0 radical (unpaired) electrons. The summed E-state index contributed by atoms with van der Waals surface area (Å²) in [7, 11) is 0. The second kappa shape index (κ2) is 13.5. The number of carbonyl (C=O) groups excluding carboxylic acids is 3. The summed E-state index contributed by atoms with van der Waals surface area (Å²) in [4.78, 5) is 46.9. The lowest BCUT2D eigenvalue weighted by Crippen LogP contribution is -2.32. The lowest BCUT2D eigenvalue weighted by atomic mass is 10.0. The van der Waals surface area contributed by atoms with Gasteiger partial charge in [0.05, 0.1) is 35.0 Å². The first-order valence-corrected chi connectivity index (χ1v) is 16.2. The molecule has 0 unspecified atom stereocenters. The molecule has 2 aromatic heterocycles. The van der Waals surface area contributed by atoms with E-state index in [1.165, 1.54) is 23.1 Å². The van der Waals surface area contributed by atoms with Crippen LogP contribution in [0.4, 0.5) is 30.2 Å². The minimum atomic E-state index is -0.900. The van der Waals surface area contributed by atoms with E-state index in [9.17, 15) is 27.6 Å². The molecule has 4 heterocycles. The number of aromatic nitrogens is 1. The number of benzene rings is 3. The van der Waals surface area contributed by atoms with Crippen molar-refractivity contribution in [3.63, 3.8) is 0 Å². The van der Waals surface area contributed by atoms with E-state index in [-0.39, 0.29) is 23.2 Å². The number of para-hydroxylation sites is 1. The Kier molecular flexibility index (Phi) is 8.81. The summed E-state index contributed by atoms with van der Waals surface area (Å²) < 4.78 is 48.4. The summed E-state index contributed by atoms with van der Waals surface area (Å²) in [5, 5.41) is 5.18. The Hall–Kier alpha value is -5.59. The summed E-state index contributed by atoms with van der Waals surface area (Å²) in [5.74, 6) is -3.76. The van der Waals surface area contributed by atoms with Crippen LogP contribution in [-0.2, 0) is 11.2 Å². The summed E-state index contributed by atoms with van der Waals surface area (Å²) >= 11 is 1.09. The molecule has 3 aromatic carbocycles. The number of pyridine rings is 1. The number of fused-ring (bicyclic) bond motifs is 3. The molecule has 5 aromatic rings. The summed E-state index contributed by atoms with van der Waals surface area (Å²) in [6.07, 6.45) is 4.54. The maximum atomic E-state index is 14.6. The molecule has 7 rings (SSSR count). The Bertz CT molecular complexity index is 2130. The fourth-order valence-electron chi connectivity index (χ4n) is 5.87. The molecule has 0 fully saturated rings. The van der Waals surface area contributed by atoms with E-state index < -0.39 is 29.0 Å². The van der Waals surface area contributed by atoms with Gasteiger partial charge in [-0.2, -0.15) is 0 Å². The van der Waals surface area contributed by atoms with Crippen LogP contribution in [0, 0.1) is 17.5 Å². The Balaban J connectivity index is 1.11. The van der Waals surface area contributed by atoms with Gasteiger partial charge in [-0.3, -0.25) is 19.4 Å². The summed E-state index contributed by atoms with van der Waals surface area (Å²) in [5.41, 5.74) is 3.81. The number of nitrogens with zero attached hydrogens (tertiary/aromatic N) is 2. The van der Waals surface area contributed by atoms with Crippen LogP contribution < -0.4 is 15.5 Å². The molecule has 2 aliphatic heterocycles. The van der Waals surface area contributed by atoms with Crippen LogP contribution in [0.15, 0.2) is 91.1 Å². The number of hydrogen-bond acceptors (Lipinski definition) is 6. The largest absolute Gasteiger partial charge is 0.377 e. The molecule has 0 bridgehead atoms. The van der Waals surface area contributed by atoms with E-state index in [1.807, 2.05) is 6.08 Å². The molecule has 246 valence electrons. The first kappa shape index (κ1) is 32.0. The van der Waals surface area contributed by atoms with Crippen molar-refractivity contribution in [2.45, 2.75) is 12.8 Å².